The average molecular weight is 487 g/mol. The third-order valence-electron chi connectivity index (χ3n) is 4.97. The van der Waals surface area contributed by atoms with E-state index in [1.807, 2.05) is 0 Å². The number of benzene rings is 2. The van der Waals surface area contributed by atoms with Crippen molar-refractivity contribution in [2.75, 3.05) is 10.5 Å². The van der Waals surface area contributed by atoms with Crippen LogP contribution in [0, 0.1) is 11.6 Å². The van der Waals surface area contributed by atoms with Crippen LogP contribution in [0.15, 0.2) is 53.5 Å². The van der Waals surface area contributed by atoms with Crippen molar-refractivity contribution in [3.05, 3.63) is 76.2 Å². The third kappa shape index (κ3) is 4.44. The van der Waals surface area contributed by atoms with Crippen molar-refractivity contribution in [3.8, 4) is 11.3 Å². The number of nitrogens with two attached hydrogens (primary N) is 1. The Bertz CT molecular complexity index is 1560. The molecule has 9 nitrogen and oxygen atoms in total. The monoisotopic (exact) mass is 486 g/mol. The molecule has 0 bridgehead atoms. The first-order valence-electron chi connectivity index (χ1n) is 10.1. The van der Waals surface area contributed by atoms with E-state index in [0.29, 0.717) is 5.56 Å². The Labute approximate surface area is 193 Å². The van der Waals surface area contributed by atoms with Crippen LogP contribution in [0.2, 0.25) is 0 Å². The van der Waals surface area contributed by atoms with Gasteiger partial charge in [-0.05, 0) is 31.5 Å². The lowest BCUT2D eigenvalue weighted by Gasteiger charge is -2.15. The molecule has 2 heterocycles. The topological polar surface area (TPSA) is 133 Å². The lowest BCUT2D eigenvalue weighted by Crippen LogP contribution is -2.26. The maximum Gasteiger partial charge on any atom is 0.279 e. The van der Waals surface area contributed by atoms with Crippen molar-refractivity contribution >= 4 is 32.8 Å². The molecule has 0 saturated heterocycles. The fourth-order valence-corrected chi connectivity index (χ4v) is 4.67. The fourth-order valence-electron chi connectivity index (χ4n) is 3.48. The van der Waals surface area contributed by atoms with Crippen molar-refractivity contribution in [1.29, 1.82) is 0 Å². The highest BCUT2D eigenvalue weighted by Crippen LogP contribution is 2.28. The summed E-state index contributed by atoms with van der Waals surface area (Å²) < 4.78 is 58.2. The molecule has 0 spiro atoms. The summed E-state index contributed by atoms with van der Waals surface area (Å²) in [7, 11) is -4.03. The zero-order chi connectivity index (χ0) is 24.6. The van der Waals surface area contributed by atoms with E-state index in [9.17, 15) is 17.6 Å². The molecule has 176 valence electrons. The zero-order valence-corrected chi connectivity index (χ0v) is 19.0. The number of aromatic nitrogens is 4. The number of hydrogen-bond acceptors (Lipinski definition) is 7. The predicted molar refractivity (Wildman–Crippen MR) is 124 cm³/mol. The van der Waals surface area contributed by atoms with E-state index in [4.69, 9.17) is 5.73 Å². The summed E-state index contributed by atoms with van der Waals surface area (Å²) in [5.74, 6) is -3.37. The summed E-state index contributed by atoms with van der Waals surface area (Å²) in [6, 6.07) is 10.00. The molecule has 0 aliphatic heterocycles. The van der Waals surface area contributed by atoms with Crippen LogP contribution in [0.5, 0.6) is 0 Å². The maximum absolute atomic E-state index is 15.1. The molecule has 4 rings (SSSR count). The first-order chi connectivity index (χ1) is 16.1. The third-order valence-corrected chi connectivity index (χ3v) is 6.21. The first kappa shape index (κ1) is 23.2. The van der Waals surface area contributed by atoms with Crippen LogP contribution in [0.1, 0.15) is 25.5 Å². The van der Waals surface area contributed by atoms with Gasteiger partial charge in [0.05, 0.1) is 17.6 Å². The molecule has 0 amide bonds. The number of nitrogens with zero attached hydrogens (tertiary/aromatic N) is 4. The summed E-state index contributed by atoms with van der Waals surface area (Å²) in [5.41, 5.74) is 4.31. The van der Waals surface area contributed by atoms with Crippen LogP contribution in [-0.2, 0) is 15.8 Å². The van der Waals surface area contributed by atoms with Crippen molar-refractivity contribution in [2.45, 2.75) is 25.6 Å². The highest BCUT2D eigenvalue weighted by molar-refractivity contribution is 7.91. The number of hydrogen-bond donors (Lipinski definition) is 2. The first-order valence-corrected chi connectivity index (χ1v) is 11.8. The quantitative estimate of drug-likeness (QED) is 0.427. The number of sulfonamides is 1. The standard InChI is InChI=1S/C22H20F2N6O3S/c1-12(2)30-20-16(10-26-22(25)28-20)27-19(21(30)31)14-8-9-15(18(24)17(14)23)29-34(32,33)11-13-6-4-3-5-7-13/h3-10,12,29H,11H2,1-2H3,(H2,25,26,28). The molecule has 4 aromatic rings. The van der Waals surface area contributed by atoms with Gasteiger partial charge in [-0.3, -0.25) is 14.1 Å². The summed E-state index contributed by atoms with van der Waals surface area (Å²) >= 11 is 0. The van der Waals surface area contributed by atoms with Crippen LogP contribution in [0.4, 0.5) is 20.4 Å². The lowest BCUT2D eigenvalue weighted by atomic mass is 10.1. The Kier molecular flexibility index (Phi) is 6.00. The number of nitrogens with one attached hydrogen (secondary N) is 1. The zero-order valence-electron chi connectivity index (χ0n) is 18.2. The number of nitrogen functional groups attached to an aromatic ring is 1. The number of halogens is 2. The predicted octanol–water partition coefficient (Wildman–Crippen LogP) is 3.24. The van der Waals surface area contributed by atoms with Crippen molar-refractivity contribution in [1.82, 2.24) is 19.5 Å². The van der Waals surface area contributed by atoms with E-state index in [1.54, 1.807) is 44.2 Å². The molecule has 0 radical (unpaired) electrons. The molecular weight excluding hydrogens is 466 g/mol. The Hall–Kier alpha value is -3.93. The molecule has 0 atom stereocenters. The molecule has 0 fully saturated rings. The van der Waals surface area contributed by atoms with Gasteiger partial charge in [-0.25, -0.2) is 27.2 Å². The highest BCUT2D eigenvalue weighted by Gasteiger charge is 2.23. The molecule has 12 heteroatoms. The number of anilines is 2. The van der Waals surface area contributed by atoms with E-state index < -0.39 is 50.3 Å². The highest BCUT2D eigenvalue weighted by atomic mass is 32.2. The molecule has 34 heavy (non-hydrogen) atoms. The summed E-state index contributed by atoms with van der Waals surface area (Å²) in [6.45, 7) is 3.43. The van der Waals surface area contributed by atoms with Gasteiger partial charge in [0.25, 0.3) is 5.56 Å². The minimum absolute atomic E-state index is 0.0692. The minimum atomic E-state index is -4.03. The van der Waals surface area contributed by atoms with Crippen molar-refractivity contribution in [3.63, 3.8) is 0 Å². The van der Waals surface area contributed by atoms with E-state index in [1.165, 1.54) is 10.8 Å². The Morgan fingerprint density at radius 1 is 1.06 bits per heavy atom. The van der Waals surface area contributed by atoms with Gasteiger partial charge in [-0.1, -0.05) is 30.3 Å². The summed E-state index contributed by atoms with van der Waals surface area (Å²) in [5, 5.41) is 0. The summed E-state index contributed by atoms with van der Waals surface area (Å²) in [6.07, 6.45) is 1.28. The van der Waals surface area contributed by atoms with Crippen LogP contribution in [-0.4, -0.2) is 27.9 Å². The van der Waals surface area contributed by atoms with Crippen LogP contribution < -0.4 is 16.0 Å². The molecule has 2 aromatic carbocycles. The second-order valence-electron chi connectivity index (χ2n) is 7.80. The van der Waals surface area contributed by atoms with E-state index in [0.717, 1.165) is 12.1 Å². The van der Waals surface area contributed by atoms with E-state index >= 15 is 4.39 Å². The van der Waals surface area contributed by atoms with Gasteiger partial charge in [0.2, 0.25) is 16.0 Å². The van der Waals surface area contributed by atoms with Crippen LogP contribution in [0.3, 0.4) is 0 Å². The fraction of sp³-hybridized carbons (Fsp3) is 0.182. The Balaban J connectivity index is 1.78. The number of rotatable bonds is 6. The molecule has 0 unspecified atom stereocenters. The van der Waals surface area contributed by atoms with Gasteiger partial charge in [0.15, 0.2) is 17.3 Å². The number of fused-ring (bicyclic) bond motifs is 1. The van der Waals surface area contributed by atoms with Gasteiger partial charge in [0.1, 0.15) is 11.2 Å². The van der Waals surface area contributed by atoms with Crippen LogP contribution >= 0.6 is 0 Å². The molecule has 3 N–H and O–H groups in total. The molecular formula is C22H20F2N6O3S. The smallest absolute Gasteiger partial charge is 0.279 e. The van der Waals surface area contributed by atoms with E-state index in [2.05, 4.69) is 19.7 Å². The Morgan fingerprint density at radius 3 is 2.44 bits per heavy atom. The van der Waals surface area contributed by atoms with Gasteiger partial charge < -0.3 is 5.73 Å². The lowest BCUT2D eigenvalue weighted by molar-refractivity contribution is 0.513. The Morgan fingerprint density at radius 2 is 1.76 bits per heavy atom. The van der Waals surface area contributed by atoms with Crippen LogP contribution in [0.25, 0.3) is 22.4 Å². The van der Waals surface area contributed by atoms with Gasteiger partial charge in [0, 0.05) is 11.6 Å². The maximum atomic E-state index is 15.1. The largest absolute Gasteiger partial charge is 0.368 e. The molecule has 0 aliphatic carbocycles. The average Bonchev–Trinajstić information content (AvgIpc) is 2.77. The summed E-state index contributed by atoms with van der Waals surface area (Å²) in [4.78, 5) is 25.1. The van der Waals surface area contributed by atoms with E-state index in [-0.39, 0.29) is 22.8 Å². The SMILES string of the molecule is CC(C)n1c(=O)c(-c2ccc(NS(=O)(=O)Cc3ccccc3)c(F)c2F)nc2cnc(N)nc21. The van der Waals surface area contributed by atoms with Gasteiger partial charge in [-0.15, -0.1) is 0 Å². The second-order valence-corrected chi connectivity index (χ2v) is 9.52. The normalized spacial score (nSPS) is 11.8. The van der Waals surface area contributed by atoms with Crippen molar-refractivity contribution < 1.29 is 17.2 Å². The van der Waals surface area contributed by atoms with Crippen molar-refractivity contribution in [2.24, 2.45) is 0 Å². The molecule has 0 aliphatic rings. The minimum Gasteiger partial charge on any atom is -0.368 e. The molecule has 0 saturated carbocycles. The van der Waals surface area contributed by atoms with Gasteiger partial charge in [-0.2, -0.15) is 4.98 Å². The molecule has 2 aromatic heterocycles. The van der Waals surface area contributed by atoms with Gasteiger partial charge >= 0.3 is 0 Å². The second kappa shape index (κ2) is 8.78.